The highest BCUT2D eigenvalue weighted by Gasteiger charge is 2.53. The standard InChI is InChI=1S/C14H27N/c1-9(2)13-11-7-12(13)10(3)15(8-11)14(4,5)6/h9-13H,7-8H2,1-6H3. The van der Waals surface area contributed by atoms with Gasteiger partial charge in [0.15, 0.2) is 0 Å². The van der Waals surface area contributed by atoms with Gasteiger partial charge >= 0.3 is 0 Å². The van der Waals surface area contributed by atoms with Gasteiger partial charge in [0.05, 0.1) is 0 Å². The molecule has 2 heterocycles. The number of piperidine rings is 2. The Morgan fingerprint density at radius 2 is 1.80 bits per heavy atom. The molecule has 3 aliphatic rings. The van der Waals surface area contributed by atoms with Crippen molar-refractivity contribution in [1.82, 2.24) is 4.90 Å². The second-order valence-electron chi connectivity index (χ2n) is 7.04. The van der Waals surface area contributed by atoms with Gasteiger partial charge in [0.2, 0.25) is 0 Å². The van der Waals surface area contributed by atoms with E-state index in [2.05, 4.69) is 46.4 Å². The molecule has 2 bridgehead atoms. The first kappa shape index (κ1) is 11.4. The molecule has 1 heteroatoms. The largest absolute Gasteiger partial charge is 0.295 e. The molecule has 3 fully saturated rings. The molecule has 2 saturated heterocycles. The van der Waals surface area contributed by atoms with E-state index in [1.165, 1.54) is 13.0 Å². The molecule has 88 valence electrons. The van der Waals surface area contributed by atoms with Crippen LogP contribution in [0.3, 0.4) is 0 Å². The third-order valence-corrected chi connectivity index (χ3v) is 4.79. The minimum atomic E-state index is 0.359. The van der Waals surface area contributed by atoms with Crippen molar-refractivity contribution < 1.29 is 0 Å². The molecule has 0 aromatic carbocycles. The molecule has 1 saturated carbocycles. The van der Waals surface area contributed by atoms with Crippen LogP contribution in [0.1, 0.15) is 48.0 Å². The van der Waals surface area contributed by atoms with Crippen LogP contribution in [0.25, 0.3) is 0 Å². The van der Waals surface area contributed by atoms with Crippen molar-refractivity contribution in [1.29, 1.82) is 0 Å². The monoisotopic (exact) mass is 209 g/mol. The molecule has 1 aliphatic carbocycles. The Morgan fingerprint density at radius 3 is 2.20 bits per heavy atom. The summed E-state index contributed by atoms with van der Waals surface area (Å²) >= 11 is 0. The first-order valence-corrected chi connectivity index (χ1v) is 6.59. The van der Waals surface area contributed by atoms with Gasteiger partial charge in [-0.15, -0.1) is 0 Å². The van der Waals surface area contributed by atoms with E-state index in [1.54, 1.807) is 0 Å². The van der Waals surface area contributed by atoms with Gasteiger partial charge in [-0.25, -0.2) is 0 Å². The molecule has 4 unspecified atom stereocenters. The Kier molecular flexibility index (Phi) is 2.65. The Hall–Kier alpha value is -0.0400. The molecule has 0 aromatic heterocycles. The molecular weight excluding hydrogens is 182 g/mol. The average Bonchev–Trinajstić information content (AvgIpc) is 1.98. The van der Waals surface area contributed by atoms with E-state index in [1.807, 2.05) is 0 Å². The summed E-state index contributed by atoms with van der Waals surface area (Å²) in [6.45, 7) is 15.7. The van der Waals surface area contributed by atoms with E-state index in [9.17, 15) is 0 Å². The highest BCUT2D eigenvalue weighted by Crippen LogP contribution is 2.53. The van der Waals surface area contributed by atoms with Gasteiger partial charge in [-0.2, -0.15) is 0 Å². The van der Waals surface area contributed by atoms with Crippen LogP contribution in [0.15, 0.2) is 0 Å². The molecule has 3 rings (SSSR count). The fourth-order valence-electron chi connectivity index (χ4n) is 4.11. The van der Waals surface area contributed by atoms with Crippen LogP contribution >= 0.6 is 0 Å². The first-order chi connectivity index (χ1) is 6.82. The van der Waals surface area contributed by atoms with E-state index >= 15 is 0 Å². The highest BCUT2D eigenvalue weighted by molar-refractivity contribution is 5.04. The molecule has 0 radical (unpaired) electrons. The fraction of sp³-hybridized carbons (Fsp3) is 1.00. The zero-order valence-corrected chi connectivity index (χ0v) is 11.2. The Labute approximate surface area is 95.2 Å². The van der Waals surface area contributed by atoms with E-state index < -0.39 is 0 Å². The molecule has 2 aliphatic heterocycles. The topological polar surface area (TPSA) is 3.24 Å². The Balaban J connectivity index is 2.09. The van der Waals surface area contributed by atoms with Gasteiger partial charge in [-0.05, 0) is 57.8 Å². The van der Waals surface area contributed by atoms with Crippen LogP contribution in [-0.2, 0) is 0 Å². The third kappa shape index (κ3) is 1.73. The minimum absolute atomic E-state index is 0.359. The predicted molar refractivity (Wildman–Crippen MR) is 65.8 cm³/mol. The van der Waals surface area contributed by atoms with E-state index in [0.29, 0.717) is 5.54 Å². The van der Waals surface area contributed by atoms with Crippen LogP contribution in [0.2, 0.25) is 0 Å². The van der Waals surface area contributed by atoms with Crippen molar-refractivity contribution in [3.63, 3.8) is 0 Å². The molecule has 0 spiro atoms. The van der Waals surface area contributed by atoms with Crippen LogP contribution in [0, 0.1) is 23.7 Å². The van der Waals surface area contributed by atoms with Crippen molar-refractivity contribution in [2.24, 2.45) is 23.7 Å². The van der Waals surface area contributed by atoms with Crippen LogP contribution in [0.5, 0.6) is 0 Å². The van der Waals surface area contributed by atoms with Crippen molar-refractivity contribution >= 4 is 0 Å². The third-order valence-electron chi connectivity index (χ3n) is 4.79. The zero-order chi connectivity index (χ0) is 11.4. The smallest absolute Gasteiger partial charge is 0.0128 e. The summed E-state index contributed by atoms with van der Waals surface area (Å²) in [5, 5.41) is 0. The maximum absolute atomic E-state index is 2.73. The van der Waals surface area contributed by atoms with Crippen LogP contribution in [-0.4, -0.2) is 23.0 Å². The second kappa shape index (κ2) is 3.48. The van der Waals surface area contributed by atoms with E-state index in [-0.39, 0.29) is 0 Å². The van der Waals surface area contributed by atoms with Crippen LogP contribution < -0.4 is 0 Å². The number of rotatable bonds is 1. The van der Waals surface area contributed by atoms with Crippen LogP contribution in [0.4, 0.5) is 0 Å². The molecule has 0 aromatic rings. The number of hydrogen-bond donors (Lipinski definition) is 0. The predicted octanol–water partition coefficient (Wildman–Crippen LogP) is 3.40. The van der Waals surface area contributed by atoms with Crippen molar-refractivity contribution in [2.75, 3.05) is 6.54 Å². The normalized spacial score (nSPS) is 41.8. The summed E-state index contributed by atoms with van der Waals surface area (Å²) in [5.41, 5.74) is 0.359. The average molecular weight is 209 g/mol. The minimum Gasteiger partial charge on any atom is -0.295 e. The van der Waals surface area contributed by atoms with Gasteiger partial charge in [0.25, 0.3) is 0 Å². The van der Waals surface area contributed by atoms with Gasteiger partial charge in [0.1, 0.15) is 0 Å². The first-order valence-electron chi connectivity index (χ1n) is 6.59. The quantitative estimate of drug-likeness (QED) is 0.640. The summed E-state index contributed by atoms with van der Waals surface area (Å²) in [7, 11) is 0. The van der Waals surface area contributed by atoms with Gasteiger partial charge in [-0.3, -0.25) is 4.90 Å². The van der Waals surface area contributed by atoms with E-state index in [0.717, 1.165) is 29.7 Å². The molecule has 0 amide bonds. The fourth-order valence-corrected chi connectivity index (χ4v) is 4.11. The SMILES string of the molecule is CC(C)C1C2CC1C(C)N(C(C)(C)C)C2. The highest BCUT2D eigenvalue weighted by atomic mass is 15.2. The van der Waals surface area contributed by atoms with Gasteiger partial charge in [0, 0.05) is 18.1 Å². The lowest BCUT2D eigenvalue weighted by Crippen LogP contribution is -2.65. The van der Waals surface area contributed by atoms with Gasteiger partial charge in [-0.1, -0.05) is 13.8 Å². The lowest BCUT2D eigenvalue weighted by molar-refractivity contribution is -0.131. The number of hydrogen-bond acceptors (Lipinski definition) is 1. The summed E-state index contributed by atoms with van der Waals surface area (Å²) in [4.78, 5) is 2.73. The summed E-state index contributed by atoms with van der Waals surface area (Å²) in [6.07, 6.45) is 1.50. The molecule has 1 nitrogen and oxygen atoms in total. The lowest BCUT2D eigenvalue weighted by atomic mass is 9.54. The molecular formula is C14H27N. The van der Waals surface area contributed by atoms with E-state index in [4.69, 9.17) is 0 Å². The summed E-state index contributed by atoms with van der Waals surface area (Å²) in [5.74, 6) is 3.87. The number of nitrogens with zero attached hydrogens (tertiary/aromatic N) is 1. The second-order valence-corrected chi connectivity index (χ2v) is 7.04. The van der Waals surface area contributed by atoms with Crippen molar-refractivity contribution in [3.8, 4) is 0 Å². The van der Waals surface area contributed by atoms with Crippen molar-refractivity contribution in [3.05, 3.63) is 0 Å². The zero-order valence-electron chi connectivity index (χ0n) is 11.2. The van der Waals surface area contributed by atoms with Crippen molar-refractivity contribution in [2.45, 2.75) is 59.5 Å². The summed E-state index contributed by atoms with van der Waals surface area (Å²) in [6, 6.07) is 0.794. The van der Waals surface area contributed by atoms with Gasteiger partial charge < -0.3 is 0 Å². The molecule has 0 N–H and O–H groups in total. The maximum atomic E-state index is 2.73. The lowest BCUT2D eigenvalue weighted by Gasteiger charge is -2.62. The molecule has 4 atom stereocenters. The molecule has 15 heavy (non-hydrogen) atoms. The maximum Gasteiger partial charge on any atom is 0.0128 e. The summed E-state index contributed by atoms with van der Waals surface area (Å²) < 4.78 is 0. The number of fused-ring (bicyclic) bond motifs is 2. The Morgan fingerprint density at radius 1 is 1.20 bits per heavy atom. The Bertz CT molecular complexity index is 238.